The van der Waals surface area contributed by atoms with Crippen molar-refractivity contribution < 1.29 is 9.53 Å². The van der Waals surface area contributed by atoms with Gasteiger partial charge in [-0.25, -0.2) is 4.79 Å². The standard InChI is InChI=1S/C17H30N2O2S/c1-12(2)19(16(20)21-17(5,6)7)10-9-18-14(4)15-13(3)8-11-22-15/h8,11-12,14,18H,9-10H2,1-7H3. The van der Waals surface area contributed by atoms with Gasteiger partial charge in [0.05, 0.1) is 0 Å². The van der Waals surface area contributed by atoms with E-state index in [-0.39, 0.29) is 12.1 Å². The first-order valence-electron chi connectivity index (χ1n) is 7.89. The van der Waals surface area contributed by atoms with Gasteiger partial charge < -0.3 is 15.0 Å². The SMILES string of the molecule is Cc1ccsc1C(C)NCCN(C(=O)OC(C)(C)C)C(C)C. The van der Waals surface area contributed by atoms with Crippen LogP contribution < -0.4 is 5.32 Å². The van der Waals surface area contributed by atoms with Crippen molar-refractivity contribution in [1.82, 2.24) is 10.2 Å². The third kappa shape index (κ3) is 5.97. The summed E-state index contributed by atoms with van der Waals surface area (Å²) in [7, 11) is 0. The molecule has 1 aromatic rings. The highest BCUT2D eigenvalue weighted by atomic mass is 32.1. The number of hydrogen-bond donors (Lipinski definition) is 1. The Kier molecular flexibility index (Phi) is 6.88. The molecule has 1 N–H and O–H groups in total. The summed E-state index contributed by atoms with van der Waals surface area (Å²) < 4.78 is 5.47. The van der Waals surface area contributed by atoms with Crippen LogP contribution in [0.2, 0.25) is 0 Å². The monoisotopic (exact) mass is 326 g/mol. The average Bonchev–Trinajstić information content (AvgIpc) is 2.77. The lowest BCUT2D eigenvalue weighted by atomic mass is 10.2. The molecule has 1 atom stereocenters. The van der Waals surface area contributed by atoms with Gasteiger partial charge in [0.25, 0.3) is 0 Å². The molecule has 0 aliphatic heterocycles. The summed E-state index contributed by atoms with van der Waals surface area (Å²) in [6.45, 7) is 15.4. The number of hydrogen-bond acceptors (Lipinski definition) is 4. The second kappa shape index (κ2) is 7.97. The molecule has 1 heterocycles. The van der Waals surface area contributed by atoms with Crippen LogP contribution in [0.1, 0.15) is 58.0 Å². The Labute approximate surface area is 138 Å². The van der Waals surface area contributed by atoms with Crippen molar-refractivity contribution >= 4 is 17.4 Å². The van der Waals surface area contributed by atoms with Crippen LogP contribution in [0.25, 0.3) is 0 Å². The number of thiophene rings is 1. The number of nitrogens with zero attached hydrogens (tertiary/aromatic N) is 1. The van der Waals surface area contributed by atoms with Crippen molar-refractivity contribution in [3.63, 3.8) is 0 Å². The third-order valence-corrected chi connectivity index (χ3v) is 4.55. The zero-order chi connectivity index (χ0) is 16.9. The van der Waals surface area contributed by atoms with E-state index in [0.29, 0.717) is 12.6 Å². The van der Waals surface area contributed by atoms with Crippen LogP contribution in [-0.4, -0.2) is 35.7 Å². The number of rotatable bonds is 6. The smallest absolute Gasteiger partial charge is 0.410 e. The van der Waals surface area contributed by atoms with E-state index >= 15 is 0 Å². The van der Waals surface area contributed by atoms with Crippen molar-refractivity contribution in [2.75, 3.05) is 13.1 Å². The number of ether oxygens (including phenoxy) is 1. The fourth-order valence-electron chi connectivity index (χ4n) is 2.20. The van der Waals surface area contributed by atoms with Crippen molar-refractivity contribution in [2.45, 2.75) is 66.2 Å². The van der Waals surface area contributed by atoms with Gasteiger partial charge in [-0.2, -0.15) is 0 Å². The zero-order valence-corrected chi connectivity index (χ0v) is 15.7. The molecule has 1 aromatic heterocycles. The van der Waals surface area contributed by atoms with Gasteiger partial charge >= 0.3 is 6.09 Å². The Bertz CT molecular complexity index is 477. The number of nitrogens with one attached hydrogen (secondary N) is 1. The molecule has 0 aromatic carbocycles. The maximum atomic E-state index is 12.2. The topological polar surface area (TPSA) is 41.6 Å². The second-order valence-electron chi connectivity index (χ2n) is 6.91. The fourth-order valence-corrected chi connectivity index (χ4v) is 3.16. The van der Waals surface area contributed by atoms with E-state index in [1.54, 1.807) is 16.2 Å². The minimum Gasteiger partial charge on any atom is -0.444 e. The Morgan fingerprint density at radius 3 is 2.45 bits per heavy atom. The summed E-state index contributed by atoms with van der Waals surface area (Å²) in [6, 6.07) is 2.56. The first kappa shape index (κ1) is 19.0. The van der Waals surface area contributed by atoms with E-state index in [1.165, 1.54) is 10.4 Å². The largest absolute Gasteiger partial charge is 0.444 e. The predicted molar refractivity (Wildman–Crippen MR) is 93.5 cm³/mol. The molecule has 1 amide bonds. The molecule has 0 spiro atoms. The van der Waals surface area contributed by atoms with Gasteiger partial charge in [-0.3, -0.25) is 0 Å². The molecule has 0 saturated heterocycles. The van der Waals surface area contributed by atoms with Crippen LogP contribution in [0, 0.1) is 6.92 Å². The fraction of sp³-hybridized carbons (Fsp3) is 0.706. The van der Waals surface area contributed by atoms with Crippen LogP contribution in [0.5, 0.6) is 0 Å². The molecule has 0 saturated carbocycles. The van der Waals surface area contributed by atoms with Gasteiger partial charge in [-0.15, -0.1) is 11.3 Å². The van der Waals surface area contributed by atoms with E-state index in [4.69, 9.17) is 4.74 Å². The molecule has 1 unspecified atom stereocenters. The van der Waals surface area contributed by atoms with Crippen LogP contribution in [0.15, 0.2) is 11.4 Å². The number of carbonyl (C=O) groups excluding carboxylic acids is 1. The Balaban J connectivity index is 2.51. The molecular formula is C17H30N2O2S. The summed E-state index contributed by atoms with van der Waals surface area (Å²) in [5.74, 6) is 0. The third-order valence-electron chi connectivity index (χ3n) is 3.35. The molecule has 0 radical (unpaired) electrons. The molecule has 4 nitrogen and oxygen atoms in total. The first-order valence-corrected chi connectivity index (χ1v) is 8.76. The van der Waals surface area contributed by atoms with Crippen molar-refractivity contribution in [2.24, 2.45) is 0 Å². The van der Waals surface area contributed by atoms with E-state index in [1.807, 2.05) is 34.6 Å². The van der Waals surface area contributed by atoms with Gasteiger partial charge in [-0.1, -0.05) is 0 Å². The average molecular weight is 327 g/mol. The molecule has 1 rings (SSSR count). The molecule has 0 fully saturated rings. The molecular weight excluding hydrogens is 296 g/mol. The maximum absolute atomic E-state index is 12.2. The summed E-state index contributed by atoms with van der Waals surface area (Å²) in [6.07, 6.45) is -0.246. The van der Waals surface area contributed by atoms with Crippen molar-refractivity contribution in [3.05, 3.63) is 21.9 Å². The highest BCUT2D eigenvalue weighted by molar-refractivity contribution is 7.10. The molecule has 0 aliphatic rings. The second-order valence-corrected chi connectivity index (χ2v) is 7.86. The first-order chi connectivity index (χ1) is 10.1. The summed E-state index contributed by atoms with van der Waals surface area (Å²) >= 11 is 1.77. The lowest BCUT2D eigenvalue weighted by molar-refractivity contribution is 0.0192. The van der Waals surface area contributed by atoms with E-state index in [0.717, 1.165) is 6.54 Å². The quantitative estimate of drug-likeness (QED) is 0.845. The number of carbonyl (C=O) groups is 1. The van der Waals surface area contributed by atoms with Gasteiger partial charge in [0.2, 0.25) is 0 Å². The lowest BCUT2D eigenvalue weighted by Crippen LogP contribution is -2.44. The number of amides is 1. The normalized spacial score (nSPS) is 13.3. The van der Waals surface area contributed by atoms with Crippen LogP contribution in [-0.2, 0) is 4.74 Å². The van der Waals surface area contributed by atoms with Gasteiger partial charge in [0.1, 0.15) is 5.60 Å². The van der Waals surface area contributed by atoms with Gasteiger partial charge in [-0.05, 0) is 65.5 Å². The lowest BCUT2D eigenvalue weighted by Gasteiger charge is -2.30. The molecule has 22 heavy (non-hydrogen) atoms. The molecule has 0 aliphatic carbocycles. The Morgan fingerprint density at radius 1 is 1.36 bits per heavy atom. The van der Waals surface area contributed by atoms with E-state index < -0.39 is 5.60 Å². The summed E-state index contributed by atoms with van der Waals surface area (Å²) in [5.41, 5.74) is 0.858. The maximum Gasteiger partial charge on any atom is 0.410 e. The highest BCUT2D eigenvalue weighted by Crippen LogP contribution is 2.23. The van der Waals surface area contributed by atoms with E-state index in [9.17, 15) is 4.79 Å². The van der Waals surface area contributed by atoms with Crippen LogP contribution in [0.3, 0.4) is 0 Å². The summed E-state index contributed by atoms with van der Waals surface area (Å²) in [5, 5.41) is 5.60. The van der Waals surface area contributed by atoms with Crippen LogP contribution >= 0.6 is 11.3 Å². The zero-order valence-electron chi connectivity index (χ0n) is 14.9. The minimum atomic E-state index is -0.459. The minimum absolute atomic E-state index is 0.121. The molecule has 0 bridgehead atoms. The van der Waals surface area contributed by atoms with Gasteiger partial charge in [0.15, 0.2) is 0 Å². The highest BCUT2D eigenvalue weighted by Gasteiger charge is 2.24. The molecule has 5 heteroatoms. The Morgan fingerprint density at radius 2 is 2.00 bits per heavy atom. The molecule has 126 valence electrons. The van der Waals surface area contributed by atoms with Crippen molar-refractivity contribution in [1.29, 1.82) is 0 Å². The number of aryl methyl sites for hydroxylation is 1. The van der Waals surface area contributed by atoms with E-state index in [2.05, 4.69) is 30.6 Å². The summed E-state index contributed by atoms with van der Waals surface area (Å²) in [4.78, 5) is 15.4. The van der Waals surface area contributed by atoms with Gasteiger partial charge in [0, 0.05) is 30.1 Å². The van der Waals surface area contributed by atoms with Crippen LogP contribution in [0.4, 0.5) is 4.79 Å². The predicted octanol–water partition coefficient (Wildman–Crippen LogP) is 4.35. The Hall–Kier alpha value is -1.07. The van der Waals surface area contributed by atoms with Crippen molar-refractivity contribution in [3.8, 4) is 0 Å².